The van der Waals surface area contributed by atoms with Crippen molar-refractivity contribution in [2.24, 2.45) is 0 Å². The first-order chi connectivity index (χ1) is 11.5. The summed E-state index contributed by atoms with van der Waals surface area (Å²) in [6.45, 7) is 9.69. The van der Waals surface area contributed by atoms with Crippen molar-refractivity contribution >= 4 is 0 Å². The van der Waals surface area contributed by atoms with Crippen molar-refractivity contribution in [1.82, 2.24) is 9.78 Å². The van der Waals surface area contributed by atoms with Crippen molar-refractivity contribution in [2.75, 3.05) is 6.61 Å². The Morgan fingerprint density at radius 1 is 1.17 bits per heavy atom. The molecule has 3 rings (SSSR count). The molecule has 24 heavy (non-hydrogen) atoms. The number of benzene rings is 1. The van der Waals surface area contributed by atoms with Crippen LogP contribution in [0.15, 0.2) is 36.5 Å². The number of nitrogens with zero attached hydrogens (tertiary/aromatic N) is 2. The number of ether oxygens (including phenoxy) is 1. The normalized spacial score (nSPS) is 15.0. The number of rotatable bonds is 8. The molecule has 0 atom stereocenters. The third-order valence-electron chi connectivity index (χ3n) is 4.97. The molecule has 1 fully saturated rings. The largest absolute Gasteiger partial charge is 0.494 e. The molecule has 0 aliphatic heterocycles. The van der Waals surface area contributed by atoms with Gasteiger partial charge in [-0.15, -0.1) is 0 Å². The Hall–Kier alpha value is -1.77. The molecule has 3 nitrogen and oxygen atoms in total. The van der Waals surface area contributed by atoms with Crippen LogP contribution in [-0.4, -0.2) is 16.4 Å². The summed E-state index contributed by atoms with van der Waals surface area (Å²) in [6.07, 6.45) is 6.83. The van der Waals surface area contributed by atoms with Gasteiger partial charge in [-0.2, -0.15) is 5.10 Å². The van der Waals surface area contributed by atoms with E-state index in [0.717, 1.165) is 31.1 Å². The Bertz CT molecular complexity index is 651. The predicted molar refractivity (Wildman–Crippen MR) is 98.8 cm³/mol. The second-order valence-electron chi connectivity index (χ2n) is 7.95. The van der Waals surface area contributed by atoms with Gasteiger partial charge < -0.3 is 4.74 Å². The fourth-order valence-corrected chi connectivity index (χ4v) is 3.03. The summed E-state index contributed by atoms with van der Waals surface area (Å²) >= 11 is 0. The second-order valence-corrected chi connectivity index (χ2v) is 7.95. The molecular weight excluding hydrogens is 296 g/mol. The molecule has 1 heterocycles. The highest BCUT2D eigenvalue weighted by Gasteiger charge is 2.28. The molecule has 0 bridgehead atoms. The maximum absolute atomic E-state index is 5.90. The van der Waals surface area contributed by atoms with Gasteiger partial charge >= 0.3 is 0 Å². The topological polar surface area (TPSA) is 27.1 Å². The average Bonchev–Trinajstić information content (AvgIpc) is 3.28. The van der Waals surface area contributed by atoms with E-state index in [1.54, 1.807) is 0 Å². The van der Waals surface area contributed by atoms with Crippen LogP contribution in [0.25, 0.3) is 0 Å². The molecule has 0 amide bonds. The van der Waals surface area contributed by atoms with Crippen molar-refractivity contribution in [3.8, 4) is 5.75 Å². The summed E-state index contributed by atoms with van der Waals surface area (Å²) in [5.74, 6) is 2.25. The van der Waals surface area contributed by atoms with Crippen molar-refractivity contribution < 1.29 is 4.74 Å². The maximum atomic E-state index is 5.90. The summed E-state index contributed by atoms with van der Waals surface area (Å²) in [5.41, 5.74) is 2.66. The molecule has 1 aromatic carbocycles. The van der Waals surface area contributed by atoms with Gasteiger partial charge in [0.1, 0.15) is 5.75 Å². The van der Waals surface area contributed by atoms with E-state index < -0.39 is 0 Å². The molecular formula is C21H30N2O. The second kappa shape index (κ2) is 7.00. The molecule has 130 valence electrons. The van der Waals surface area contributed by atoms with Crippen LogP contribution in [0.2, 0.25) is 0 Å². The fourth-order valence-electron chi connectivity index (χ4n) is 3.03. The van der Waals surface area contributed by atoms with E-state index in [-0.39, 0.29) is 5.54 Å². The van der Waals surface area contributed by atoms with Gasteiger partial charge in [-0.1, -0.05) is 26.0 Å². The third-order valence-corrected chi connectivity index (χ3v) is 4.97. The van der Waals surface area contributed by atoms with Gasteiger partial charge in [0, 0.05) is 12.1 Å². The van der Waals surface area contributed by atoms with Crippen LogP contribution in [0.4, 0.5) is 0 Å². The van der Waals surface area contributed by atoms with E-state index >= 15 is 0 Å². The molecule has 2 aromatic rings. The molecule has 3 heteroatoms. The Morgan fingerprint density at radius 2 is 1.88 bits per heavy atom. The lowest BCUT2D eigenvalue weighted by Crippen LogP contribution is -2.27. The zero-order valence-corrected chi connectivity index (χ0v) is 15.5. The maximum Gasteiger partial charge on any atom is 0.119 e. The van der Waals surface area contributed by atoms with E-state index in [4.69, 9.17) is 9.84 Å². The summed E-state index contributed by atoms with van der Waals surface area (Å²) in [4.78, 5) is 0. The Kier molecular flexibility index (Phi) is 4.98. The van der Waals surface area contributed by atoms with Crippen molar-refractivity contribution in [2.45, 2.75) is 70.8 Å². The predicted octanol–water partition coefficient (Wildman–Crippen LogP) is 5.48. The molecule has 0 N–H and O–H groups in total. The fraction of sp³-hybridized carbons (Fsp3) is 0.571. The van der Waals surface area contributed by atoms with Crippen LogP contribution in [-0.2, 0) is 5.54 Å². The molecule has 0 radical (unpaired) electrons. The van der Waals surface area contributed by atoms with E-state index in [0.29, 0.717) is 5.92 Å². The first-order valence-electron chi connectivity index (χ1n) is 9.24. The van der Waals surface area contributed by atoms with Crippen LogP contribution in [0.5, 0.6) is 5.75 Å². The van der Waals surface area contributed by atoms with Crippen molar-refractivity contribution in [3.05, 3.63) is 47.8 Å². The van der Waals surface area contributed by atoms with Crippen LogP contribution < -0.4 is 4.74 Å². The Labute approximate surface area is 146 Å². The molecule has 1 saturated carbocycles. The van der Waals surface area contributed by atoms with Crippen LogP contribution in [0, 0.1) is 0 Å². The smallest absolute Gasteiger partial charge is 0.119 e. The Morgan fingerprint density at radius 3 is 2.50 bits per heavy atom. The first kappa shape index (κ1) is 17.1. The minimum atomic E-state index is 0.0397. The van der Waals surface area contributed by atoms with Gasteiger partial charge in [-0.25, -0.2) is 0 Å². The van der Waals surface area contributed by atoms with Gasteiger partial charge in [0.25, 0.3) is 0 Å². The van der Waals surface area contributed by atoms with Gasteiger partial charge in [0.15, 0.2) is 0 Å². The number of hydrogen-bond donors (Lipinski definition) is 0. The van der Waals surface area contributed by atoms with Crippen LogP contribution >= 0.6 is 0 Å². The zero-order chi connectivity index (χ0) is 17.2. The van der Waals surface area contributed by atoms with Gasteiger partial charge in [-0.05, 0) is 69.2 Å². The van der Waals surface area contributed by atoms with E-state index in [1.807, 2.05) is 0 Å². The minimum absolute atomic E-state index is 0.0397. The quantitative estimate of drug-likeness (QED) is 0.601. The van der Waals surface area contributed by atoms with Crippen LogP contribution in [0.3, 0.4) is 0 Å². The Balaban J connectivity index is 1.46. The lowest BCUT2D eigenvalue weighted by molar-refractivity contribution is 0.242. The van der Waals surface area contributed by atoms with Crippen molar-refractivity contribution in [1.29, 1.82) is 0 Å². The molecule has 0 spiro atoms. The first-order valence-corrected chi connectivity index (χ1v) is 9.24. The highest BCUT2D eigenvalue weighted by molar-refractivity contribution is 5.28. The highest BCUT2D eigenvalue weighted by Crippen LogP contribution is 2.39. The van der Waals surface area contributed by atoms with E-state index in [9.17, 15) is 0 Å². The zero-order valence-electron chi connectivity index (χ0n) is 15.5. The lowest BCUT2D eigenvalue weighted by atomic mass is 9.99. The summed E-state index contributed by atoms with van der Waals surface area (Å²) in [7, 11) is 0. The molecule has 0 saturated heterocycles. The SMILES string of the molecule is CC(C)c1ccc(OCCCC(C)(C)n2ccc(C3CC3)n2)cc1. The molecule has 0 unspecified atom stereocenters. The van der Waals surface area contributed by atoms with Gasteiger partial charge in [0.2, 0.25) is 0 Å². The third kappa shape index (κ3) is 4.19. The van der Waals surface area contributed by atoms with Gasteiger partial charge in [-0.3, -0.25) is 4.68 Å². The standard InChI is InChI=1S/C21H30N2O/c1-16(2)17-8-10-19(11-9-17)24-15-5-13-21(3,4)23-14-12-20(22-23)18-6-7-18/h8-12,14,16,18H,5-7,13,15H2,1-4H3. The molecule has 1 aliphatic rings. The van der Waals surface area contributed by atoms with Crippen LogP contribution in [0.1, 0.15) is 76.5 Å². The van der Waals surface area contributed by atoms with E-state index in [1.165, 1.54) is 24.1 Å². The summed E-state index contributed by atoms with van der Waals surface area (Å²) in [6, 6.07) is 10.7. The minimum Gasteiger partial charge on any atom is -0.494 e. The van der Waals surface area contributed by atoms with Gasteiger partial charge in [0.05, 0.1) is 17.8 Å². The lowest BCUT2D eigenvalue weighted by Gasteiger charge is -2.25. The molecule has 1 aromatic heterocycles. The highest BCUT2D eigenvalue weighted by atomic mass is 16.5. The average molecular weight is 326 g/mol. The summed E-state index contributed by atoms with van der Waals surface area (Å²) in [5, 5.41) is 4.78. The monoisotopic (exact) mass is 326 g/mol. The number of hydrogen-bond acceptors (Lipinski definition) is 2. The van der Waals surface area contributed by atoms with E-state index in [2.05, 4.69) is 68.9 Å². The summed E-state index contributed by atoms with van der Waals surface area (Å²) < 4.78 is 8.03. The molecule has 1 aliphatic carbocycles. The van der Waals surface area contributed by atoms with Crippen molar-refractivity contribution in [3.63, 3.8) is 0 Å². The number of aromatic nitrogens is 2.